The van der Waals surface area contributed by atoms with E-state index in [0.29, 0.717) is 11.6 Å². The first-order chi connectivity index (χ1) is 9.99. The van der Waals surface area contributed by atoms with Crippen molar-refractivity contribution in [2.45, 2.75) is 26.8 Å². The number of carbonyl (C=O) groups excluding carboxylic acids is 1. The third kappa shape index (κ3) is 3.60. The van der Waals surface area contributed by atoms with Gasteiger partial charge >= 0.3 is 0 Å². The van der Waals surface area contributed by atoms with Crippen molar-refractivity contribution in [2.24, 2.45) is 5.92 Å². The van der Waals surface area contributed by atoms with E-state index in [1.165, 1.54) is 0 Å². The zero-order chi connectivity index (χ0) is 15.4. The summed E-state index contributed by atoms with van der Waals surface area (Å²) in [6.07, 6.45) is 0. The summed E-state index contributed by atoms with van der Waals surface area (Å²) in [4.78, 5) is 26.9. The van der Waals surface area contributed by atoms with Gasteiger partial charge in [0, 0.05) is 11.7 Å². The summed E-state index contributed by atoms with van der Waals surface area (Å²) in [5.74, 6) is -0.0197. The minimum absolute atomic E-state index is 0.0192. The molecule has 1 amide bonds. The molecule has 1 aromatic carbocycles. The topological polar surface area (TPSA) is 62.0 Å². The number of hydrogen-bond donors (Lipinski definition) is 2. The highest BCUT2D eigenvalue weighted by Crippen LogP contribution is 2.14. The second-order valence-electron chi connectivity index (χ2n) is 5.49. The van der Waals surface area contributed by atoms with Crippen LogP contribution in [-0.4, -0.2) is 16.9 Å². The van der Waals surface area contributed by atoms with Gasteiger partial charge in [0.05, 0.1) is 0 Å². The van der Waals surface area contributed by atoms with Crippen LogP contribution in [0.25, 0.3) is 11.3 Å². The van der Waals surface area contributed by atoms with Gasteiger partial charge < -0.3 is 10.3 Å². The van der Waals surface area contributed by atoms with Crippen molar-refractivity contribution in [3.05, 3.63) is 58.4 Å². The van der Waals surface area contributed by atoms with Crippen molar-refractivity contribution in [3.8, 4) is 11.3 Å². The van der Waals surface area contributed by atoms with E-state index in [-0.39, 0.29) is 23.1 Å². The summed E-state index contributed by atoms with van der Waals surface area (Å²) in [5.41, 5.74) is 1.39. The first-order valence-corrected chi connectivity index (χ1v) is 7.08. The number of aromatic nitrogens is 1. The maximum Gasteiger partial charge on any atom is 0.261 e. The van der Waals surface area contributed by atoms with Crippen LogP contribution in [0.15, 0.2) is 47.3 Å². The number of hydrogen-bond acceptors (Lipinski definition) is 2. The summed E-state index contributed by atoms with van der Waals surface area (Å²) < 4.78 is 0. The molecule has 0 saturated carbocycles. The zero-order valence-electron chi connectivity index (χ0n) is 12.5. The molecule has 0 radical (unpaired) electrons. The highest BCUT2D eigenvalue weighted by Gasteiger charge is 2.15. The SMILES string of the molecule is CC(C)[C@@H](C)NC(=O)c1ccc(-c2ccccc2)[nH]c1=O. The molecule has 2 rings (SSSR count). The van der Waals surface area contributed by atoms with Crippen LogP contribution in [-0.2, 0) is 0 Å². The number of carbonyl (C=O) groups is 1. The van der Waals surface area contributed by atoms with Crippen LogP contribution in [0, 0.1) is 5.92 Å². The lowest BCUT2D eigenvalue weighted by molar-refractivity contribution is 0.0929. The van der Waals surface area contributed by atoms with E-state index in [9.17, 15) is 9.59 Å². The quantitative estimate of drug-likeness (QED) is 0.907. The Balaban J connectivity index is 2.24. The molecule has 2 N–H and O–H groups in total. The van der Waals surface area contributed by atoms with Crippen molar-refractivity contribution in [2.75, 3.05) is 0 Å². The van der Waals surface area contributed by atoms with Gasteiger partial charge in [0.2, 0.25) is 0 Å². The standard InChI is InChI=1S/C17H20N2O2/c1-11(2)12(3)18-16(20)14-9-10-15(19-17(14)21)13-7-5-4-6-8-13/h4-12H,1-3H3,(H,18,20)(H,19,21)/t12-/m1/s1. The van der Waals surface area contributed by atoms with Gasteiger partial charge in [-0.05, 0) is 30.5 Å². The molecule has 1 heterocycles. The minimum Gasteiger partial charge on any atom is -0.349 e. The fourth-order valence-electron chi connectivity index (χ4n) is 1.89. The van der Waals surface area contributed by atoms with Gasteiger partial charge in [-0.25, -0.2) is 0 Å². The molecule has 0 spiro atoms. The van der Waals surface area contributed by atoms with Crippen LogP contribution in [0.4, 0.5) is 0 Å². The molecule has 4 heteroatoms. The Morgan fingerprint density at radius 1 is 1.05 bits per heavy atom. The van der Waals surface area contributed by atoms with E-state index in [1.807, 2.05) is 51.1 Å². The van der Waals surface area contributed by atoms with Crippen molar-refractivity contribution < 1.29 is 4.79 Å². The smallest absolute Gasteiger partial charge is 0.261 e. The van der Waals surface area contributed by atoms with Crippen LogP contribution in [0.1, 0.15) is 31.1 Å². The van der Waals surface area contributed by atoms with Crippen molar-refractivity contribution in [1.82, 2.24) is 10.3 Å². The average molecular weight is 284 g/mol. The second kappa shape index (κ2) is 6.39. The van der Waals surface area contributed by atoms with Gasteiger partial charge in [0.15, 0.2) is 0 Å². The van der Waals surface area contributed by atoms with E-state index in [2.05, 4.69) is 10.3 Å². The summed E-state index contributed by atoms with van der Waals surface area (Å²) in [5, 5.41) is 2.84. The van der Waals surface area contributed by atoms with Crippen LogP contribution in [0.3, 0.4) is 0 Å². The van der Waals surface area contributed by atoms with Gasteiger partial charge in [-0.2, -0.15) is 0 Å². The van der Waals surface area contributed by atoms with E-state index in [4.69, 9.17) is 0 Å². The summed E-state index contributed by atoms with van der Waals surface area (Å²) in [6, 6.07) is 12.9. The molecule has 1 atom stereocenters. The van der Waals surface area contributed by atoms with Gasteiger partial charge in [0.1, 0.15) is 5.56 Å². The van der Waals surface area contributed by atoms with E-state index >= 15 is 0 Å². The molecule has 21 heavy (non-hydrogen) atoms. The highest BCUT2D eigenvalue weighted by molar-refractivity contribution is 5.94. The highest BCUT2D eigenvalue weighted by atomic mass is 16.2. The first-order valence-electron chi connectivity index (χ1n) is 7.08. The van der Waals surface area contributed by atoms with E-state index in [0.717, 1.165) is 5.56 Å². The Bertz CT molecular complexity index is 675. The lowest BCUT2D eigenvalue weighted by Crippen LogP contribution is -2.38. The fraction of sp³-hybridized carbons (Fsp3) is 0.294. The normalized spacial score (nSPS) is 12.2. The van der Waals surface area contributed by atoms with Crippen molar-refractivity contribution in [3.63, 3.8) is 0 Å². The molecule has 0 bridgehead atoms. The van der Waals surface area contributed by atoms with Crippen LogP contribution in [0.5, 0.6) is 0 Å². The third-order valence-corrected chi connectivity index (χ3v) is 3.60. The second-order valence-corrected chi connectivity index (χ2v) is 5.49. The number of amides is 1. The molecular weight excluding hydrogens is 264 g/mol. The molecule has 4 nitrogen and oxygen atoms in total. The molecule has 0 aliphatic heterocycles. The molecule has 0 saturated heterocycles. The van der Waals surface area contributed by atoms with E-state index < -0.39 is 0 Å². The molecular formula is C17H20N2O2. The molecule has 0 aliphatic carbocycles. The van der Waals surface area contributed by atoms with Gasteiger partial charge in [0.25, 0.3) is 11.5 Å². The third-order valence-electron chi connectivity index (χ3n) is 3.60. The van der Waals surface area contributed by atoms with E-state index in [1.54, 1.807) is 12.1 Å². The monoisotopic (exact) mass is 284 g/mol. The Morgan fingerprint density at radius 3 is 2.29 bits per heavy atom. The summed E-state index contributed by atoms with van der Waals surface area (Å²) in [7, 11) is 0. The van der Waals surface area contributed by atoms with Gasteiger partial charge in [-0.1, -0.05) is 44.2 Å². The maximum absolute atomic E-state index is 12.1. The fourth-order valence-corrected chi connectivity index (χ4v) is 1.89. The van der Waals surface area contributed by atoms with Gasteiger partial charge in [-0.15, -0.1) is 0 Å². The molecule has 0 fully saturated rings. The number of aromatic amines is 1. The zero-order valence-corrected chi connectivity index (χ0v) is 12.5. The number of H-pyrrole nitrogens is 1. The predicted molar refractivity (Wildman–Crippen MR) is 84.3 cm³/mol. The number of nitrogens with one attached hydrogen (secondary N) is 2. The van der Waals surface area contributed by atoms with Crippen molar-refractivity contribution >= 4 is 5.91 Å². The summed E-state index contributed by atoms with van der Waals surface area (Å²) >= 11 is 0. The Labute approximate surface area is 124 Å². The Kier molecular flexibility index (Phi) is 4.58. The largest absolute Gasteiger partial charge is 0.349 e. The maximum atomic E-state index is 12.1. The molecule has 2 aromatic rings. The molecule has 0 unspecified atom stereocenters. The Hall–Kier alpha value is -2.36. The van der Waals surface area contributed by atoms with Crippen LogP contribution >= 0.6 is 0 Å². The van der Waals surface area contributed by atoms with Crippen LogP contribution < -0.4 is 10.9 Å². The molecule has 1 aromatic heterocycles. The molecule has 110 valence electrons. The minimum atomic E-state index is -0.371. The van der Waals surface area contributed by atoms with Crippen molar-refractivity contribution in [1.29, 1.82) is 0 Å². The van der Waals surface area contributed by atoms with Gasteiger partial charge in [-0.3, -0.25) is 9.59 Å². The Morgan fingerprint density at radius 2 is 1.71 bits per heavy atom. The lowest BCUT2D eigenvalue weighted by atomic mass is 10.1. The molecule has 0 aliphatic rings. The predicted octanol–water partition coefficient (Wildman–Crippen LogP) is 2.82. The average Bonchev–Trinajstić information content (AvgIpc) is 2.47. The summed E-state index contributed by atoms with van der Waals surface area (Å²) in [6.45, 7) is 5.97. The number of rotatable bonds is 4. The van der Waals surface area contributed by atoms with Crippen LogP contribution in [0.2, 0.25) is 0 Å². The number of benzene rings is 1. The first kappa shape index (κ1) is 15.0. The lowest BCUT2D eigenvalue weighted by Gasteiger charge is -2.17. The number of pyridine rings is 1.